The Morgan fingerprint density at radius 3 is 2.59 bits per heavy atom. The summed E-state index contributed by atoms with van der Waals surface area (Å²) in [5.74, 6) is -0.343. The van der Waals surface area contributed by atoms with Crippen LogP contribution in [0.3, 0.4) is 0 Å². The van der Waals surface area contributed by atoms with Crippen molar-refractivity contribution in [1.29, 1.82) is 0 Å². The van der Waals surface area contributed by atoms with Gasteiger partial charge in [0.25, 0.3) is 0 Å². The van der Waals surface area contributed by atoms with Crippen LogP contribution in [0.5, 0.6) is 0 Å². The van der Waals surface area contributed by atoms with E-state index in [-0.39, 0.29) is 37.1 Å². The molecule has 0 unspecified atom stereocenters. The van der Waals surface area contributed by atoms with Gasteiger partial charge < -0.3 is 20.4 Å². The second-order valence-electron chi connectivity index (χ2n) is 9.67. The molecule has 0 bridgehead atoms. The van der Waals surface area contributed by atoms with E-state index in [0.717, 1.165) is 35.0 Å². The molecule has 2 heterocycles. The molecule has 2 saturated heterocycles. The third kappa shape index (κ3) is 6.52. The number of benzene rings is 3. The van der Waals surface area contributed by atoms with Crippen molar-refractivity contribution in [3.63, 3.8) is 0 Å². The average Bonchev–Trinajstić information content (AvgIpc) is 3.25. The molecule has 0 aliphatic carbocycles. The molecule has 3 aromatic rings. The van der Waals surface area contributed by atoms with Crippen LogP contribution in [0.4, 0.5) is 0 Å². The number of nitrogens with one attached hydrogen (secondary N) is 2. The quantitative estimate of drug-likeness (QED) is 0.404. The summed E-state index contributed by atoms with van der Waals surface area (Å²) in [5, 5.41) is 8.39. The van der Waals surface area contributed by atoms with Crippen LogP contribution in [0.1, 0.15) is 29.3 Å². The van der Waals surface area contributed by atoms with Gasteiger partial charge in [-0.1, -0.05) is 71.7 Å². The molecule has 2 aliphatic rings. The summed E-state index contributed by atoms with van der Waals surface area (Å²) in [6.07, 6.45) is 0.256. The van der Waals surface area contributed by atoms with E-state index in [4.69, 9.17) is 23.2 Å². The van der Waals surface area contributed by atoms with Gasteiger partial charge in [-0.3, -0.25) is 14.4 Å². The Hall–Kier alpha value is -2.78. The molecule has 7 nitrogen and oxygen atoms in total. The Morgan fingerprint density at radius 2 is 1.79 bits per heavy atom. The zero-order valence-corrected chi connectivity index (χ0v) is 23.7. The average molecular weight is 586 g/mol. The number of rotatable bonds is 8. The van der Waals surface area contributed by atoms with Crippen molar-refractivity contribution < 1.29 is 14.4 Å². The lowest BCUT2D eigenvalue weighted by Crippen LogP contribution is -2.47. The molecule has 0 spiro atoms. The highest BCUT2D eigenvalue weighted by Crippen LogP contribution is 2.46. The summed E-state index contributed by atoms with van der Waals surface area (Å²) in [4.78, 5) is 42.9. The first-order valence-electron chi connectivity index (χ1n) is 13.0. The van der Waals surface area contributed by atoms with Gasteiger partial charge in [0.2, 0.25) is 17.7 Å². The molecule has 2 fully saturated rings. The van der Waals surface area contributed by atoms with Crippen LogP contribution < -0.4 is 10.6 Å². The SMILES string of the molecule is O=C(C[C@H]1S[C@H](c2ccc(Cl)cc2Cl)N(CCC(=O)N2CCNCC2)C1=O)NCc1cccc2ccccc12. The zero-order chi connectivity index (χ0) is 27.4. The summed E-state index contributed by atoms with van der Waals surface area (Å²) >= 11 is 14.0. The van der Waals surface area contributed by atoms with E-state index in [2.05, 4.69) is 10.6 Å². The molecule has 0 radical (unpaired) electrons. The van der Waals surface area contributed by atoms with E-state index in [1.165, 1.54) is 11.8 Å². The minimum atomic E-state index is -0.580. The van der Waals surface area contributed by atoms with Gasteiger partial charge in [-0.2, -0.15) is 0 Å². The van der Waals surface area contributed by atoms with E-state index in [1.54, 1.807) is 17.0 Å². The maximum atomic E-state index is 13.6. The zero-order valence-electron chi connectivity index (χ0n) is 21.4. The van der Waals surface area contributed by atoms with Gasteiger partial charge in [0, 0.05) is 67.7 Å². The molecule has 2 aliphatic heterocycles. The van der Waals surface area contributed by atoms with Crippen molar-refractivity contribution >= 4 is 63.5 Å². The van der Waals surface area contributed by atoms with E-state index in [1.807, 2.05) is 53.4 Å². The number of hydrogen-bond acceptors (Lipinski definition) is 5. The second kappa shape index (κ2) is 12.6. The minimum absolute atomic E-state index is 0.0199. The molecule has 3 amide bonds. The monoisotopic (exact) mass is 584 g/mol. The third-order valence-electron chi connectivity index (χ3n) is 7.13. The van der Waals surface area contributed by atoms with E-state index in [0.29, 0.717) is 29.7 Å². The highest BCUT2D eigenvalue weighted by atomic mass is 35.5. The number of piperazine rings is 1. The van der Waals surface area contributed by atoms with Crippen molar-refractivity contribution in [2.75, 3.05) is 32.7 Å². The standard InChI is InChI=1S/C29H30Cl2N4O3S/c30-21-8-9-23(24(31)16-21)29-35(13-10-27(37)34-14-11-32-12-15-34)28(38)25(39-29)17-26(36)33-18-20-6-3-5-19-4-1-2-7-22(19)20/h1-9,16,25,29,32H,10-15,17-18H2,(H,33,36)/t25-,29-/m1/s1. The lowest BCUT2D eigenvalue weighted by molar-refractivity contribution is -0.135. The fraction of sp³-hybridized carbons (Fsp3) is 0.345. The normalized spacial score (nSPS) is 19.5. The first kappa shape index (κ1) is 27.8. The van der Waals surface area contributed by atoms with Gasteiger partial charge in [0.05, 0.1) is 5.25 Å². The fourth-order valence-electron chi connectivity index (χ4n) is 5.06. The van der Waals surface area contributed by atoms with Gasteiger partial charge in [0.15, 0.2) is 0 Å². The minimum Gasteiger partial charge on any atom is -0.352 e. The Bertz CT molecular complexity index is 1380. The molecule has 39 heavy (non-hydrogen) atoms. The summed E-state index contributed by atoms with van der Waals surface area (Å²) < 4.78 is 0. The summed E-state index contributed by atoms with van der Waals surface area (Å²) in [6, 6.07) is 19.2. The number of carbonyl (C=O) groups excluding carboxylic acids is 3. The molecule has 2 N–H and O–H groups in total. The van der Waals surface area contributed by atoms with Gasteiger partial charge >= 0.3 is 0 Å². The predicted molar refractivity (Wildman–Crippen MR) is 157 cm³/mol. The van der Waals surface area contributed by atoms with Crippen molar-refractivity contribution in [1.82, 2.24) is 20.4 Å². The topological polar surface area (TPSA) is 81.8 Å². The van der Waals surface area contributed by atoms with Crippen molar-refractivity contribution in [3.8, 4) is 0 Å². The molecular formula is C29H30Cl2N4O3S. The molecule has 0 saturated carbocycles. The highest BCUT2D eigenvalue weighted by molar-refractivity contribution is 8.01. The van der Waals surface area contributed by atoms with Crippen LogP contribution in [0.15, 0.2) is 60.7 Å². The number of fused-ring (bicyclic) bond motifs is 1. The lowest BCUT2D eigenvalue weighted by atomic mass is 10.0. The van der Waals surface area contributed by atoms with Crippen molar-refractivity contribution in [2.45, 2.75) is 30.0 Å². The maximum Gasteiger partial charge on any atom is 0.237 e. The smallest absolute Gasteiger partial charge is 0.237 e. The molecule has 5 rings (SSSR count). The van der Waals surface area contributed by atoms with Gasteiger partial charge in [-0.15, -0.1) is 11.8 Å². The van der Waals surface area contributed by atoms with E-state index >= 15 is 0 Å². The summed E-state index contributed by atoms with van der Waals surface area (Å²) in [7, 11) is 0. The first-order valence-corrected chi connectivity index (χ1v) is 14.7. The molecule has 3 aromatic carbocycles. The van der Waals surface area contributed by atoms with Crippen LogP contribution >= 0.6 is 35.0 Å². The fourth-order valence-corrected chi connectivity index (χ4v) is 7.16. The molecule has 0 aromatic heterocycles. The van der Waals surface area contributed by atoms with E-state index < -0.39 is 10.6 Å². The number of thioether (sulfide) groups is 1. The Labute approximate surface area is 242 Å². The van der Waals surface area contributed by atoms with Crippen LogP contribution in [-0.2, 0) is 20.9 Å². The first-order chi connectivity index (χ1) is 18.9. The largest absolute Gasteiger partial charge is 0.352 e. The Morgan fingerprint density at radius 1 is 1.03 bits per heavy atom. The highest BCUT2D eigenvalue weighted by Gasteiger charge is 2.42. The predicted octanol–water partition coefficient (Wildman–Crippen LogP) is 4.62. The maximum absolute atomic E-state index is 13.6. The van der Waals surface area contributed by atoms with Crippen LogP contribution in [-0.4, -0.2) is 65.5 Å². The number of hydrogen-bond donors (Lipinski definition) is 2. The molecular weight excluding hydrogens is 555 g/mol. The van der Waals surface area contributed by atoms with E-state index in [9.17, 15) is 14.4 Å². The van der Waals surface area contributed by atoms with Crippen molar-refractivity contribution in [3.05, 3.63) is 81.8 Å². The van der Waals surface area contributed by atoms with Crippen LogP contribution in [0, 0.1) is 0 Å². The van der Waals surface area contributed by atoms with Gasteiger partial charge in [-0.05, 0) is 28.5 Å². The summed E-state index contributed by atoms with van der Waals surface area (Å²) in [6.45, 7) is 3.49. The number of amides is 3. The van der Waals surface area contributed by atoms with Gasteiger partial charge in [-0.25, -0.2) is 0 Å². The summed E-state index contributed by atoms with van der Waals surface area (Å²) in [5.41, 5.74) is 1.76. The van der Waals surface area contributed by atoms with Crippen LogP contribution in [0.2, 0.25) is 10.0 Å². The molecule has 2 atom stereocenters. The Kier molecular flexibility index (Phi) is 8.97. The number of nitrogens with zero attached hydrogens (tertiary/aromatic N) is 2. The Balaban J connectivity index is 1.27. The van der Waals surface area contributed by atoms with Crippen molar-refractivity contribution in [2.24, 2.45) is 0 Å². The second-order valence-corrected chi connectivity index (χ2v) is 11.8. The lowest BCUT2D eigenvalue weighted by Gasteiger charge is -2.29. The number of carbonyl (C=O) groups is 3. The molecule has 204 valence electrons. The third-order valence-corrected chi connectivity index (χ3v) is 9.15. The van der Waals surface area contributed by atoms with Gasteiger partial charge in [0.1, 0.15) is 5.37 Å². The van der Waals surface area contributed by atoms with Crippen LogP contribution in [0.25, 0.3) is 10.8 Å². The number of halogens is 2. The molecule has 10 heteroatoms.